The molecule has 0 saturated heterocycles. The Bertz CT molecular complexity index is 617. The fraction of sp³-hybridized carbons (Fsp3) is 0.850. The molecule has 3 rings (SSSR count). The van der Waals surface area contributed by atoms with E-state index in [0.717, 1.165) is 42.9 Å². The number of hydrogen-bond acceptors (Lipinski definition) is 4. The minimum Gasteiger partial charge on any atom is -0.356 e. The van der Waals surface area contributed by atoms with Gasteiger partial charge in [0.15, 0.2) is 11.1 Å². The summed E-state index contributed by atoms with van der Waals surface area (Å²) >= 11 is 1.71. The van der Waals surface area contributed by atoms with Crippen LogP contribution in [0.2, 0.25) is 0 Å². The standard InChI is InChI=1S/C20H36N6S.HI/c1-4-20(12-8-13-20)15-23-18(21-2)22-14-7-11-17-24-25-19(27-3)26(17)16-9-5-6-10-16;/h16H,4-15H2,1-3H3,(H2,21,22,23);1H. The number of halogens is 1. The molecule has 0 atom stereocenters. The molecular weight excluding hydrogens is 483 g/mol. The number of rotatable bonds is 9. The zero-order valence-electron chi connectivity index (χ0n) is 17.7. The molecule has 0 bridgehead atoms. The second-order valence-electron chi connectivity index (χ2n) is 8.07. The molecule has 0 radical (unpaired) electrons. The van der Waals surface area contributed by atoms with Crippen LogP contribution in [0.4, 0.5) is 0 Å². The summed E-state index contributed by atoms with van der Waals surface area (Å²) in [6.07, 6.45) is 14.6. The average Bonchev–Trinajstić information content (AvgIpc) is 3.31. The van der Waals surface area contributed by atoms with E-state index in [1.165, 1.54) is 51.4 Å². The molecule has 0 unspecified atom stereocenters. The number of hydrogen-bond donors (Lipinski definition) is 2. The number of aromatic nitrogens is 3. The van der Waals surface area contributed by atoms with Gasteiger partial charge in [0.2, 0.25) is 0 Å². The molecule has 0 amide bonds. The van der Waals surface area contributed by atoms with E-state index in [4.69, 9.17) is 0 Å². The van der Waals surface area contributed by atoms with Gasteiger partial charge >= 0.3 is 0 Å². The Kier molecular flexibility index (Phi) is 9.86. The van der Waals surface area contributed by atoms with E-state index in [9.17, 15) is 0 Å². The van der Waals surface area contributed by atoms with Crippen molar-refractivity contribution >= 4 is 41.7 Å². The Morgan fingerprint density at radius 2 is 1.96 bits per heavy atom. The molecule has 2 aliphatic carbocycles. The number of nitrogens with zero attached hydrogens (tertiary/aromatic N) is 4. The first-order chi connectivity index (χ1) is 13.2. The minimum atomic E-state index is 0. The SMILES string of the molecule is CCC1(CNC(=NC)NCCCc2nnc(SC)n2C2CCCC2)CCC1.I. The van der Waals surface area contributed by atoms with Crippen LogP contribution in [0.25, 0.3) is 0 Å². The van der Waals surface area contributed by atoms with Crippen LogP contribution in [0.15, 0.2) is 10.1 Å². The highest BCUT2D eigenvalue weighted by atomic mass is 127. The first-order valence-corrected chi connectivity index (χ1v) is 11.9. The average molecular weight is 521 g/mol. The Morgan fingerprint density at radius 1 is 1.21 bits per heavy atom. The fourth-order valence-corrected chi connectivity index (χ4v) is 5.00. The molecule has 2 N–H and O–H groups in total. The van der Waals surface area contributed by atoms with Gasteiger partial charge in [0.05, 0.1) is 0 Å². The summed E-state index contributed by atoms with van der Waals surface area (Å²) in [5.74, 6) is 2.08. The number of nitrogens with one attached hydrogen (secondary N) is 2. The fourth-order valence-electron chi connectivity index (χ4n) is 4.42. The van der Waals surface area contributed by atoms with Gasteiger partial charge in [0.25, 0.3) is 0 Å². The molecule has 6 nitrogen and oxygen atoms in total. The van der Waals surface area contributed by atoms with Crippen LogP contribution < -0.4 is 10.6 Å². The van der Waals surface area contributed by atoms with Crippen LogP contribution in [0, 0.1) is 5.41 Å². The van der Waals surface area contributed by atoms with Gasteiger partial charge in [-0.2, -0.15) is 0 Å². The molecule has 8 heteroatoms. The Labute approximate surface area is 191 Å². The molecule has 28 heavy (non-hydrogen) atoms. The molecule has 1 aromatic rings. The van der Waals surface area contributed by atoms with Gasteiger partial charge in [-0.1, -0.05) is 37.9 Å². The minimum absolute atomic E-state index is 0. The van der Waals surface area contributed by atoms with E-state index in [1.54, 1.807) is 11.8 Å². The van der Waals surface area contributed by atoms with Crippen molar-refractivity contribution in [2.45, 2.75) is 82.3 Å². The lowest BCUT2D eigenvalue weighted by Gasteiger charge is -2.41. The van der Waals surface area contributed by atoms with Crippen LogP contribution in [-0.4, -0.2) is 47.1 Å². The van der Waals surface area contributed by atoms with Crippen molar-refractivity contribution in [1.82, 2.24) is 25.4 Å². The van der Waals surface area contributed by atoms with Crippen molar-refractivity contribution in [3.8, 4) is 0 Å². The van der Waals surface area contributed by atoms with Gasteiger partial charge in [0.1, 0.15) is 5.82 Å². The van der Waals surface area contributed by atoms with Crippen LogP contribution in [-0.2, 0) is 6.42 Å². The van der Waals surface area contributed by atoms with Crippen LogP contribution in [0.3, 0.4) is 0 Å². The largest absolute Gasteiger partial charge is 0.356 e. The van der Waals surface area contributed by atoms with Gasteiger partial charge in [-0.05, 0) is 50.2 Å². The summed E-state index contributed by atoms with van der Waals surface area (Å²) < 4.78 is 2.41. The summed E-state index contributed by atoms with van der Waals surface area (Å²) in [6, 6.07) is 0.604. The van der Waals surface area contributed by atoms with E-state index in [-0.39, 0.29) is 24.0 Å². The zero-order valence-corrected chi connectivity index (χ0v) is 20.8. The Balaban J connectivity index is 0.00000280. The van der Waals surface area contributed by atoms with Crippen LogP contribution in [0.1, 0.15) is 76.6 Å². The maximum atomic E-state index is 4.49. The highest BCUT2D eigenvalue weighted by Gasteiger charge is 2.34. The summed E-state index contributed by atoms with van der Waals surface area (Å²) in [5, 5.41) is 17.0. The molecule has 0 aromatic carbocycles. The Hall–Kier alpha value is -0.510. The van der Waals surface area contributed by atoms with Crippen LogP contribution >= 0.6 is 35.7 Å². The van der Waals surface area contributed by atoms with Gasteiger partial charge < -0.3 is 15.2 Å². The Morgan fingerprint density at radius 3 is 2.54 bits per heavy atom. The van der Waals surface area contributed by atoms with Crippen molar-refractivity contribution in [2.75, 3.05) is 26.4 Å². The van der Waals surface area contributed by atoms with E-state index in [2.05, 4.69) is 43.6 Å². The van der Waals surface area contributed by atoms with E-state index >= 15 is 0 Å². The van der Waals surface area contributed by atoms with Crippen molar-refractivity contribution in [3.63, 3.8) is 0 Å². The van der Waals surface area contributed by atoms with Crippen molar-refractivity contribution in [2.24, 2.45) is 10.4 Å². The predicted octanol–water partition coefficient (Wildman–Crippen LogP) is 4.41. The highest BCUT2D eigenvalue weighted by molar-refractivity contribution is 14.0. The molecular formula is C20H37IN6S. The third-order valence-electron chi connectivity index (χ3n) is 6.50. The highest BCUT2D eigenvalue weighted by Crippen LogP contribution is 2.43. The number of guanidine groups is 1. The van der Waals surface area contributed by atoms with Crippen molar-refractivity contribution < 1.29 is 0 Å². The number of aliphatic imine (C=N–C) groups is 1. The monoisotopic (exact) mass is 520 g/mol. The topological polar surface area (TPSA) is 67.1 Å². The summed E-state index contributed by atoms with van der Waals surface area (Å²) in [5.41, 5.74) is 0.504. The second-order valence-corrected chi connectivity index (χ2v) is 8.85. The lowest BCUT2D eigenvalue weighted by molar-refractivity contribution is 0.131. The first-order valence-electron chi connectivity index (χ1n) is 10.6. The van der Waals surface area contributed by atoms with Gasteiger partial charge in [-0.25, -0.2) is 0 Å². The maximum absolute atomic E-state index is 4.49. The van der Waals surface area contributed by atoms with E-state index in [0.29, 0.717) is 11.5 Å². The van der Waals surface area contributed by atoms with Crippen molar-refractivity contribution in [3.05, 3.63) is 5.82 Å². The lowest BCUT2D eigenvalue weighted by Crippen LogP contribution is -2.46. The molecule has 1 heterocycles. The molecule has 2 fully saturated rings. The molecule has 2 saturated carbocycles. The maximum Gasteiger partial charge on any atom is 0.191 e. The number of thioether (sulfide) groups is 1. The lowest BCUT2D eigenvalue weighted by atomic mass is 9.67. The third kappa shape index (κ3) is 5.77. The van der Waals surface area contributed by atoms with Gasteiger partial charge in [0, 0.05) is 32.6 Å². The molecule has 0 aliphatic heterocycles. The van der Waals surface area contributed by atoms with Gasteiger partial charge in [-0.3, -0.25) is 4.99 Å². The first kappa shape index (κ1) is 23.8. The molecule has 1 aromatic heterocycles. The smallest absolute Gasteiger partial charge is 0.191 e. The molecule has 0 spiro atoms. The normalized spacial score (nSPS) is 19.2. The van der Waals surface area contributed by atoms with E-state index < -0.39 is 0 Å². The van der Waals surface area contributed by atoms with Crippen molar-refractivity contribution in [1.29, 1.82) is 0 Å². The molecule has 160 valence electrons. The third-order valence-corrected chi connectivity index (χ3v) is 7.14. The summed E-state index contributed by atoms with van der Waals surface area (Å²) in [4.78, 5) is 4.38. The molecule has 2 aliphatic rings. The zero-order chi connectivity index (χ0) is 19.1. The summed E-state index contributed by atoms with van der Waals surface area (Å²) in [6.45, 7) is 4.25. The predicted molar refractivity (Wildman–Crippen MR) is 129 cm³/mol. The number of aryl methyl sites for hydroxylation is 1. The van der Waals surface area contributed by atoms with E-state index in [1.807, 2.05) is 7.05 Å². The van der Waals surface area contributed by atoms with Gasteiger partial charge in [-0.15, -0.1) is 34.2 Å². The summed E-state index contributed by atoms with van der Waals surface area (Å²) in [7, 11) is 1.86. The van der Waals surface area contributed by atoms with Crippen LogP contribution in [0.5, 0.6) is 0 Å². The quantitative estimate of drug-likeness (QED) is 0.166. The second kappa shape index (κ2) is 11.6.